The van der Waals surface area contributed by atoms with Gasteiger partial charge >= 0.3 is 0 Å². The van der Waals surface area contributed by atoms with Crippen LogP contribution in [0.3, 0.4) is 0 Å². The van der Waals surface area contributed by atoms with Crippen molar-refractivity contribution < 1.29 is 8.42 Å². The predicted octanol–water partition coefficient (Wildman–Crippen LogP) is 2.46. The number of sulfonamides is 1. The van der Waals surface area contributed by atoms with E-state index in [1.807, 2.05) is 18.4 Å². The molecule has 0 saturated carbocycles. The van der Waals surface area contributed by atoms with Gasteiger partial charge in [0.2, 0.25) is 10.0 Å². The molecule has 2 rings (SSSR count). The Bertz CT molecular complexity index is 757. The number of aromatic nitrogens is 1. The molecule has 114 valence electrons. The Balaban J connectivity index is 2.29. The van der Waals surface area contributed by atoms with Crippen LogP contribution in [0.15, 0.2) is 26.9 Å². The van der Waals surface area contributed by atoms with E-state index in [1.54, 1.807) is 13.0 Å². The molecule has 1 aromatic heterocycles. The summed E-state index contributed by atoms with van der Waals surface area (Å²) < 4.78 is 28.2. The zero-order valence-corrected chi connectivity index (χ0v) is 14.9. The summed E-state index contributed by atoms with van der Waals surface area (Å²) in [6.45, 7) is 4.10. The van der Waals surface area contributed by atoms with E-state index in [2.05, 4.69) is 25.6 Å². The second kappa shape index (κ2) is 6.53. The first-order chi connectivity index (χ1) is 9.83. The number of benzene rings is 1. The van der Waals surface area contributed by atoms with Crippen LogP contribution in [-0.2, 0) is 23.1 Å². The highest BCUT2D eigenvalue weighted by Crippen LogP contribution is 2.26. The molecule has 0 spiro atoms. The van der Waals surface area contributed by atoms with Crippen LogP contribution >= 0.6 is 27.3 Å². The monoisotopic (exact) mass is 389 g/mol. The van der Waals surface area contributed by atoms with Crippen molar-refractivity contribution >= 4 is 37.3 Å². The van der Waals surface area contributed by atoms with Gasteiger partial charge in [-0.1, -0.05) is 15.9 Å². The quantitative estimate of drug-likeness (QED) is 0.822. The van der Waals surface area contributed by atoms with Crippen LogP contribution in [0, 0.1) is 13.8 Å². The smallest absolute Gasteiger partial charge is 0.241 e. The van der Waals surface area contributed by atoms with Gasteiger partial charge in [-0.05, 0) is 37.1 Å². The van der Waals surface area contributed by atoms with E-state index in [0.717, 1.165) is 20.7 Å². The molecule has 0 aliphatic heterocycles. The number of hydrogen-bond donors (Lipinski definition) is 2. The number of thiazole rings is 1. The van der Waals surface area contributed by atoms with E-state index in [-0.39, 0.29) is 18.0 Å². The molecule has 0 bridgehead atoms. The highest BCUT2D eigenvalue weighted by Gasteiger charge is 2.19. The molecule has 0 amide bonds. The van der Waals surface area contributed by atoms with Crippen molar-refractivity contribution in [2.24, 2.45) is 5.73 Å². The number of nitrogens with one attached hydrogen (secondary N) is 1. The van der Waals surface area contributed by atoms with Gasteiger partial charge in [-0.25, -0.2) is 18.1 Å². The van der Waals surface area contributed by atoms with E-state index in [4.69, 9.17) is 5.73 Å². The van der Waals surface area contributed by atoms with Crippen molar-refractivity contribution in [1.29, 1.82) is 0 Å². The largest absolute Gasteiger partial charge is 0.326 e. The summed E-state index contributed by atoms with van der Waals surface area (Å²) in [5.74, 6) is 0. The highest BCUT2D eigenvalue weighted by molar-refractivity contribution is 9.10. The second-order valence-corrected chi connectivity index (χ2v) is 8.14. The third kappa shape index (κ3) is 3.89. The first-order valence-corrected chi connectivity index (χ1v) is 9.39. The molecule has 1 heterocycles. The molecule has 3 N–H and O–H groups in total. The van der Waals surface area contributed by atoms with Gasteiger partial charge in [0.15, 0.2) is 0 Å². The van der Waals surface area contributed by atoms with Gasteiger partial charge in [0.05, 0.1) is 11.4 Å². The summed E-state index contributed by atoms with van der Waals surface area (Å²) in [5.41, 5.74) is 7.92. The topological polar surface area (TPSA) is 85.1 Å². The molecule has 5 nitrogen and oxygen atoms in total. The van der Waals surface area contributed by atoms with E-state index in [9.17, 15) is 8.42 Å². The summed E-state index contributed by atoms with van der Waals surface area (Å²) in [6, 6.07) is 3.44. The van der Waals surface area contributed by atoms with Crippen LogP contribution in [0.4, 0.5) is 0 Å². The van der Waals surface area contributed by atoms with Crippen LogP contribution in [0.2, 0.25) is 0 Å². The standard InChI is InChI=1S/C13H16BrN3O2S2/c1-8-7-20-13(17-8)6-16-21(18,19)12-4-10(5-15)3-11(14)9(12)2/h3-4,7,16H,5-6,15H2,1-2H3. The molecule has 0 radical (unpaired) electrons. The summed E-state index contributed by atoms with van der Waals surface area (Å²) in [5, 5.41) is 2.63. The Labute approximate surface area is 136 Å². The first kappa shape index (κ1) is 16.6. The minimum absolute atomic E-state index is 0.185. The average Bonchev–Trinajstić information content (AvgIpc) is 2.85. The second-order valence-electron chi connectivity index (χ2n) is 4.61. The van der Waals surface area contributed by atoms with Gasteiger partial charge in [-0.3, -0.25) is 0 Å². The number of nitrogens with zero attached hydrogens (tertiary/aromatic N) is 1. The average molecular weight is 390 g/mol. The van der Waals surface area contributed by atoms with Crippen LogP contribution in [-0.4, -0.2) is 13.4 Å². The Morgan fingerprint density at radius 2 is 2.10 bits per heavy atom. The van der Waals surface area contributed by atoms with Gasteiger partial charge < -0.3 is 5.73 Å². The van der Waals surface area contributed by atoms with Crippen molar-refractivity contribution in [2.45, 2.75) is 31.8 Å². The van der Waals surface area contributed by atoms with Crippen molar-refractivity contribution in [3.63, 3.8) is 0 Å². The van der Waals surface area contributed by atoms with E-state index in [1.165, 1.54) is 11.3 Å². The van der Waals surface area contributed by atoms with Gasteiger partial charge in [0.25, 0.3) is 0 Å². The van der Waals surface area contributed by atoms with Crippen LogP contribution in [0.5, 0.6) is 0 Å². The highest BCUT2D eigenvalue weighted by atomic mass is 79.9. The van der Waals surface area contributed by atoms with Crippen LogP contribution in [0.1, 0.15) is 21.8 Å². The van der Waals surface area contributed by atoms with Crippen molar-refractivity contribution in [2.75, 3.05) is 0 Å². The number of aryl methyl sites for hydroxylation is 1. The molecule has 0 aliphatic carbocycles. The lowest BCUT2D eigenvalue weighted by atomic mass is 10.1. The maximum absolute atomic E-state index is 12.5. The lowest BCUT2D eigenvalue weighted by molar-refractivity contribution is 0.580. The van der Waals surface area contributed by atoms with Gasteiger partial charge in [0, 0.05) is 22.1 Å². The molecule has 0 aliphatic rings. The molecule has 8 heteroatoms. The van der Waals surface area contributed by atoms with Gasteiger partial charge in [0.1, 0.15) is 5.01 Å². The molecular formula is C13H16BrN3O2S2. The third-order valence-corrected chi connectivity index (χ3v) is 6.28. The maximum Gasteiger partial charge on any atom is 0.241 e. The summed E-state index contributed by atoms with van der Waals surface area (Å²) in [4.78, 5) is 4.48. The zero-order valence-electron chi connectivity index (χ0n) is 11.7. The number of halogens is 1. The summed E-state index contributed by atoms with van der Waals surface area (Å²) in [7, 11) is -3.60. The molecular weight excluding hydrogens is 374 g/mol. The number of hydrogen-bond acceptors (Lipinski definition) is 5. The minimum atomic E-state index is -3.60. The Hall–Kier alpha value is -0.800. The SMILES string of the molecule is Cc1csc(CNS(=O)(=O)c2cc(CN)cc(Br)c2C)n1. The molecule has 0 saturated heterocycles. The Morgan fingerprint density at radius 3 is 2.67 bits per heavy atom. The normalized spacial score (nSPS) is 11.8. The van der Waals surface area contributed by atoms with E-state index < -0.39 is 10.0 Å². The minimum Gasteiger partial charge on any atom is -0.326 e. The van der Waals surface area contributed by atoms with E-state index in [0.29, 0.717) is 5.56 Å². The van der Waals surface area contributed by atoms with Crippen molar-refractivity contribution in [3.8, 4) is 0 Å². The molecule has 1 aromatic carbocycles. The first-order valence-electron chi connectivity index (χ1n) is 6.23. The Morgan fingerprint density at radius 1 is 1.38 bits per heavy atom. The Kier molecular flexibility index (Phi) is 5.15. The van der Waals surface area contributed by atoms with Gasteiger partial charge in [-0.2, -0.15) is 0 Å². The van der Waals surface area contributed by atoms with Crippen molar-refractivity contribution in [3.05, 3.63) is 43.8 Å². The van der Waals surface area contributed by atoms with Gasteiger partial charge in [-0.15, -0.1) is 11.3 Å². The lowest BCUT2D eigenvalue weighted by Crippen LogP contribution is -2.24. The number of nitrogens with two attached hydrogens (primary N) is 1. The van der Waals surface area contributed by atoms with Crippen LogP contribution < -0.4 is 10.5 Å². The maximum atomic E-state index is 12.5. The molecule has 2 aromatic rings. The summed E-state index contributed by atoms with van der Waals surface area (Å²) in [6.07, 6.45) is 0. The molecule has 0 fully saturated rings. The molecule has 0 atom stereocenters. The summed E-state index contributed by atoms with van der Waals surface area (Å²) >= 11 is 4.80. The fourth-order valence-corrected chi connectivity index (χ4v) is 4.57. The molecule has 0 unspecified atom stereocenters. The lowest BCUT2D eigenvalue weighted by Gasteiger charge is -2.12. The van der Waals surface area contributed by atoms with Crippen molar-refractivity contribution in [1.82, 2.24) is 9.71 Å². The van der Waals surface area contributed by atoms with E-state index >= 15 is 0 Å². The molecule has 21 heavy (non-hydrogen) atoms. The number of rotatable bonds is 5. The zero-order chi connectivity index (χ0) is 15.6. The third-order valence-electron chi connectivity index (χ3n) is 2.96. The predicted molar refractivity (Wildman–Crippen MR) is 87.6 cm³/mol. The fraction of sp³-hybridized carbons (Fsp3) is 0.308. The van der Waals surface area contributed by atoms with Crippen LogP contribution in [0.25, 0.3) is 0 Å². The fourth-order valence-electron chi connectivity index (χ4n) is 1.82.